The number of likely N-dealkylation sites (N-methyl/N-ethyl adjacent to an activating group) is 1. The molecule has 24 heavy (non-hydrogen) atoms. The predicted octanol–water partition coefficient (Wildman–Crippen LogP) is 2.63. The first-order valence-electron chi connectivity index (χ1n) is 9.83. The molecule has 0 aromatic heterocycles. The molecular formula is C21H28N2O. The van der Waals surface area contributed by atoms with E-state index in [2.05, 4.69) is 48.0 Å². The summed E-state index contributed by atoms with van der Waals surface area (Å²) in [5.41, 5.74) is 3.81. The number of hydrogen-bond acceptors (Lipinski definition) is 3. The summed E-state index contributed by atoms with van der Waals surface area (Å²) in [5, 5.41) is 10.4. The molecule has 6 rings (SSSR count). The van der Waals surface area contributed by atoms with Gasteiger partial charge in [0.15, 0.2) is 0 Å². The Balaban J connectivity index is 1.72. The standard InChI is InChI=1S/C21H28N2O/c1-14-19-8-5-10-23-11-9-20(18(19)23)16-6-3-4-7-17(16)22(2)21(14,20)15(12-19)13-24/h3-4,6-7,14-15,18,24H,5,8-13H2,1-2H3/t14?,15-,18-,19+,20-,21+/m0/s1. The average molecular weight is 324 g/mol. The minimum atomic E-state index is 0.120. The van der Waals surface area contributed by atoms with E-state index in [1.807, 2.05) is 0 Å². The molecule has 1 aromatic rings. The van der Waals surface area contributed by atoms with Crippen molar-refractivity contribution in [2.75, 3.05) is 31.6 Å². The van der Waals surface area contributed by atoms with Gasteiger partial charge in [0.25, 0.3) is 0 Å². The number of anilines is 1. The summed E-state index contributed by atoms with van der Waals surface area (Å²) in [6, 6.07) is 9.86. The third kappa shape index (κ3) is 1.05. The molecule has 5 aliphatic rings. The zero-order chi connectivity index (χ0) is 16.3. The monoisotopic (exact) mass is 324 g/mol. The zero-order valence-electron chi connectivity index (χ0n) is 14.8. The highest BCUT2D eigenvalue weighted by Crippen LogP contribution is 2.80. The number of fused-ring (bicyclic) bond motifs is 1. The van der Waals surface area contributed by atoms with Crippen molar-refractivity contribution < 1.29 is 5.11 Å². The van der Waals surface area contributed by atoms with Crippen molar-refractivity contribution in [3.8, 4) is 0 Å². The lowest BCUT2D eigenvalue weighted by atomic mass is 9.56. The van der Waals surface area contributed by atoms with Crippen LogP contribution >= 0.6 is 0 Å². The first kappa shape index (κ1) is 14.1. The van der Waals surface area contributed by atoms with Crippen LogP contribution in [0.15, 0.2) is 24.3 Å². The molecule has 2 bridgehead atoms. The summed E-state index contributed by atoms with van der Waals surface area (Å²) < 4.78 is 0. The molecule has 2 aliphatic carbocycles. The third-order valence-electron chi connectivity index (χ3n) is 9.26. The fourth-order valence-electron chi connectivity index (χ4n) is 9.07. The Morgan fingerprint density at radius 3 is 2.88 bits per heavy atom. The Morgan fingerprint density at radius 2 is 2.04 bits per heavy atom. The molecule has 3 spiro atoms. The van der Waals surface area contributed by atoms with Crippen LogP contribution in [0.25, 0.3) is 0 Å². The van der Waals surface area contributed by atoms with Gasteiger partial charge in [0.2, 0.25) is 0 Å². The molecule has 2 saturated carbocycles. The quantitative estimate of drug-likeness (QED) is 0.860. The highest BCUT2D eigenvalue weighted by Gasteiger charge is 2.85. The van der Waals surface area contributed by atoms with Gasteiger partial charge in [-0.3, -0.25) is 4.90 Å². The van der Waals surface area contributed by atoms with Crippen LogP contribution < -0.4 is 4.90 Å². The van der Waals surface area contributed by atoms with Crippen molar-refractivity contribution in [2.45, 2.75) is 49.6 Å². The number of rotatable bonds is 1. The van der Waals surface area contributed by atoms with Gasteiger partial charge in [-0.15, -0.1) is 0 Å². The molecule has 3 heterocycles. The van der Waals surface area contributed by atoms with Crippen molar-refractivity contribution in [2.24, 2.45) is 17.3 Å². The summed E-state index contributed by atoms with van der Waals surface area (Å²) in [6.45, 7) is 5.41. The number of nitrogens with zero attached hydrogens (tertiary/aromatic N) is 2. The lowest BCUT2D eigenvalue weighted by Gasteiger charge is -2.54. The third-order valence-corrected chi connectivity index (χ3v) is 9.26. The molecule has 3 heteroatoms. The van der Waals surface area contributed by atoms with Gasteiger partial charge in [-0.05, 0) is 61.7 Å². The SMILES string of the molecule is CC1[C@@]23CCCN4CC[C@]5(c6ccccc6N(C)[C@@]15[C@H](CO)C2)[C@@H]43. The topological polar surface area (TPSA) is 26.7 Å². The van der Waals surface area contributed by atoms with Crippen LogP contribution in [0.3, 0.4) is 0 Å². The molecule has 128 valence electrons. The average Bonchev–Trinajstić information content (AvgIpc) is 3.25. The highest BCUT2D eigenvalue weighted by atomic mass is 16.3. The molecule has 2 saturated heterocycles. The largest absolute Gasteiger partial charge is 0.396 e. The summed E-state index contributed by atoms with van der Waals surface area (Å²) in [6.07, 6.45) is 5.22. The van der Waals surface area contributed by atoms with Crippen LogP contribution in [0, 0.1) is 17.3 Å². The van der Waals surface area contributed by atoms with Crippen molar-refractivity contribution >= 4 is 5.69 Å². The molecule has 0 radical (unpaired) electrons. The molecule has 1 unspecified atom stereocenters. The first-order valence-corrected chi connectivity index (χ1v) is 9.83. The molecule has 0 amide bonds. The molecule has 4 fully saturated rings. The Morgan fingerprint density at radius 1 is 1.21 bits per heavy atom. The van der Waals surface area contributed by atoms with Gasteiger partial charge < -0.3 is 10.0 Å². The first-order chi connectivity index (χ1) is 11.6. The Labute approximate surface area is 144 Å². The fourth-order valence-corrected chi connectivity index (χ4v) is 9.07. The summed E-state index contributed by atoms with van der Waals surface area (Å²) in [4.78, 5) is 5.47. The van der Waals surface area contributed by atoms with Gasteiger partial charge in [0.05, 0.1) is 5.54 Å². The van der Waals surface area contributed by atoms with E-state index in [9.17, 15) is 5.11 Å². The van der Waals surface area contributed by atoms with E-state index < -0.39 is 0 Å². The maximum absolute atomic E-state index is 10.4. The second-order valence-electron chi connectivity index (χ2n) is 9.20. The lowest BCUT2D eigenvalue weighted by Crippen LogP contribution is -2.65. The normalized spacial score (nSPS) is 51.0. The van der Waals surface area contributed by atoms with Gasteiger partial charge >= 0.3 is 0 Å². The summed E-state index contributed by atoms with van der Waals surface area (Å²) in [7, 11) is 2.33. The minimum Gasteiger partial charge on any atom is -0.396 e. The van der Waals surface area contributed by atoms with E-state index in [1.165, 1.54) is 44.5 Å². The maximum Gasteiger partial charge on any atom is 0.0593 e. The van der Waals surface area contributed by atoms with Crippen molar-refractivity contribution in [1.29, 1.82) is 0 Å². The van der Waals surface area contributed by atoms with Crippen molar-refractivity contribution in [3.63, 3.8) is 0 Å². The second-order valence-corrected chi connectivity index (χ2v) is 9.20. The molecule has 1 N–H and O–H groups in total. The van der Waals surface area contributed by atoms with Gasteiger partial charge in [0, 0.05) is 36.7 Å². The van der Waals surface area contributed by atoms with Crippen molar-refractivity contribution in [3.05, 3.63) is 29.8 Å². The smallest absolute Gasteiger partial charge is 0.0593 e. The van der Waals surface area contributed by atoms with Crippen LogP contribution in [-0.2, 0) is 5.41 Å². The molecule has 1 aromatic carbocycles. The van der Waals surface area contributed by atoms with Gasteiger partial charge in [-0.25, -0.2) is 0 Å². The van der Waals surface area contributed by atoms with Crippen LogP contribution in [0.4, 0.5) is 5.69 Å². The van der Waals surface area contributed by atoms with E-state index in [0.717, 1.165) is 0 Å². The number of para-hydroxylation sites is 1. The van der Waals surface area contributed by atoms with E-state index >= 15 is 0 Å². The Hall–Kier alpha value is -1.06. The highest BCUT2D eigenvalue weighted by molar-refractivity contribution is 5.72. The van der Waals surface area contributed by atoms with Crippen molar-refractivity contribution in [1.82, 2.24) is 4.90 Å². The number of hydrogen-bond donors (Lipinski definition) is 1. The van der Waals surface area contributed by atoms with E-state index in [-0.39, 0.29) is 11.0 Å². The van der Waals surface area contributed by atoms with Gasteiger partial charge in [0.1, 0.15) is 0 Å². The Kier molecular flexibility index (Phi) is 2.37. The zero-order valence-corrected chi connectivity index (χ0v) is 14.8. The Bertz CT molecular complexity index is 734. The predicted molar refractivity (Wildman–Crippen MR) is 95.3 cm³/mol. The van der Waals surface area contributed by atoms with Gasteiger partial charge in [-0.1, -0.05) is 25.1 Å². The minimum absolute atomic E-state index is 0.120. The fraction of sp³-hybridized carbons (Fsp3) is 0.714. The molecule has 6 atom stereocenters. The van der Waals surface area contributed by atoms with E-state index in [4.69, 9.17) is 0 Å². The number of piperidine rings is 1. The van der Waals surface area contributed by atoms with Crippen LogP contribution in [0.5, 0.6) is 0 Å². The maximum atomic E-state index is 10.4. The molecule has 3 nitrogen and oxygen atoms in total. The van der Waals surface area contributed by atoms with E-state index in [1.54, 1.807) is 5.56 Å². The summed E-state index contributed by atoms with van der Waals surface area (Å²) in [5.74, 6) is 1.08. The number of aliphatic hydroxyl groups is 1. The van der Waals surface area contributed by atoms with Gasteiger partial charge in [-0.2, -0.15) is 0 Å². The van der Waals surface area contributed by atoms with Crippen LogP contribution in [0.1, 0.15) is 38.2 Å². The second kappa shape index (κ2) is 4.02. The van der Waals surface area contributed by atoms with Crippen LogP contribution in [-0.4, -0.2) is 48.3 Å². The molecular weight excluding hydrogens is 296 g/mol. The van der Waals surface area contributed by atoms with Crippen LogP contribution in [0.2, 0.25) is 0 Å². The summed E-state index contributed by atoms with van der Waals surface area (Å²) >= 11 is 0. The van der Waals surface area contributed by atoms with E-state index in [0.29, 0.717) is 29.9 Å². The molecule has 3 aliphatic heterocycles. The lowest BCUT2D eigenvalue weighted by molar-refractivity contribution is -0.00343. The number of benzene rings is 1. The number of aliphatic hydroxyl groups excluding tert-OH is 1.